The van der Waals surface area contributed by atoms with Gasteiger partial charge in [-0.3, -0.25) is 9.59 Å². The molecule has 0 aliphatic heterocycles. The third-order valence-electron chi connectivity index (χ3n) is 3.50. The number of Topliss-reactive ketones (excluding diaryl/α,β-unsaturated/α-hetero) is 1. The molecule has 4 nitrogen and oxygen atoms in total. The molecule has 0 heterocycles. The number of ketones is 1. The van der Waals surface area contributed by atoms with Crippen molar-refractivity contribution in [1.29, 1.82) is 0 Å². The first-order valence-electron chi connectivity index (χ1n) is 8.83. The van der Waals surface area contributed by atoms with Gasteiger partial charge in [0.15, 0.2) is 0 Å². The standard InChI is InChI=1S/C18H35NO3/c1-15(2)17(20)11-7-5-9-13-22-14-10-6-8-12-18(21)19-16(3)4/h15-16H,5-14H2,1-4H3,(H,19,21). The zero-order chi connectivity index (χ0) is 16.8. The number of nitrogens with one attached hydrogen (secondary N) is 1. The second kappa shape index (κ2) is 13.7. The number of rotatable bonds is 14. The van der Waals surface area contributed by atoms with Crippen molar-refractivity contribution in [3.05, 3.63) is 0 Å². The van der Waals surface area contributed by atoms with E-state index in [9.17, 15) is 9.59 Å². The molecule has 0 saturated heterocycles. The molecule has 0 unspecified atom stereocenters. The maximum absolute atomic E-state index is 11.4. The van der Waals surface area contributed by atoms with Crippen molar-refractivity contribution in [3.63, 3.8) is 0 Å². The third-order valence-corrected chi connectivity index (χ3v) is 3.50. The Bertz CT molecular complexity index is 301. The molecule has 0 aliphatic carbocycles. The molecule has 0 spiro atoms. The monoisotopic (exact) mass is 313 g/mol. The molecule has 1 N–H and O–H groups in total. The van der Waals surface area contributed by atoms with Crippen LogP contribution >= 0.6 is 0 Å². The smallest absolute Gasteiger partial charge is 0.220 e. The maximum Gasteiger partial charge on any atom is 0.220 e. The largest absolute Gasteiger partial charge is 0.381 e. The van der Waals surface area contributed by atoms with Gasteiger partial charge in [-0.25, -0.2) is 0 Å². The van der Waals surface area contributed by atoms with Crippen LogP contribution < -0.4 is 5.32 Å². The highest BCUT2D eigenvalue weighted by Crippen LogP contribution is 2.06. The predicted octanol–water partition coefficient (Wildman–Crippen LogP) is 3.87. The van der Waals surface area contributed by atoms with Crippen LogP contribution in [0.3, 0.4) is 0 Å². The van der Waals surface area contributed by atoms with Gasteiger partial charge in [0.25, 0.3) is 0 Å². The predicted molar refractivity (Wildman–Crippen MR) is 90.9 cm³/mol. The lowest BCUT2D eigenvalue weighted by Gasteiger charge is -2.08. The summed E-state index contributed by atoms with van der Waals surface area (Å²) in [7, 11) is 0. The zero-order valence-electron chi connectivity index (χ0n) is 15.0. The van der Waals surface area contributed by atoms with Crippen molar-refractivity contribution < 1.29 is 14.3 Å². The SMILES string of the molecule is CC(C)NC(=O)CCCCCOCCCCCC(=O)C(C)C. The van der Waals surface area contributed by atoms with Crippen LogP contribution in [0.5, 0.6) is 0 Å². The van der Waals surface area contributed by atoms with Crippen LogP contribution in [0.25, 0.3) is 0 Å². The molecular formula is C18H35NO3. The first-order valence-corrected chi connectivity index (χ1v) is 8.83. The molecular weight excluding hydrogens is 278 g/mol. The van der Waals surface area contributed by atoms with E-state index < -0.39 is 0 Å². The van der Waals surface area contributed by atoms with E-state index in [0.29, 0.717) is 18.6 Å². The highest BCUT2D eigenvalue weighted by Gasteiger charge is 2.06. The second-order valence-electron chi connectivity index (χ2n) is 6.58. The van der Waals surface area contributed by atoms with E-state index in [0.717, 1.165) is 51.7 Å². The molecule has 0 saturated carbocycles. The Hall–Kier alpha value is -0.900. The Morgan fingerprint density at radius 1 is 0.818 bits per heavy atom. The lowest BCUT2D eigenvalue weighted by Crippen LogP contribution is -2.29. The molecule has 0 bridgehead atoms. The van der Waals surface area contributed by atoms with E-state index in [2.05, 4.69) is 5.32 Å². The van der Waals surface area contributed by atoms with Gasteiger partial charge in [0.05, 0.1) is 0 Å². The molecule has 0 atom stereocenters. The second-order valence-corrected chi connectivity index (χ2v) is 6.58. The summed E-state index contributed by atoms with van der Waals surface area (Å²) in [6.45, 7) is 9.42. The minimum atomic E-state index is 0.145. The van der Waals surface area contributed by atoms with E-state index >= 15 is 0 Å². The zero-order valence-corrected chi connectivity index (χ0v) is 15.0. The summed E-state index contributed by atoms with van der Waals surface area (Å²) >= 11 is 0. The van der Waals surface area contributed by atoms with Crippen molar-refractivity contribution in [3.8, 4) is 0 Å². The van der Waals surface area contributed by atoms with Crippen molar-refractivity contribution in [1.82, 2.24) is 5.32 Å². The number of carbonyl (C=O) groups excluding carboxylic acids is 2. The average molecular weight is 313 g/mol. The number of hydrogen-bond acceptors (Lipinski definition) is 3. The van der Waals surface area contributed by atoms with E-state index in [1.165, 1.54) is 0 Å². The van der Waals surface area contributed by atoms with E-state index in [4.69, 9.17) is 4.74 Å². The van der Waals surface area contributed by atoms with Gasteiger partial charge in [0.1, 0.15) is 5.78 Å². The molecule has 0 aromatic heterocycles. The molecule has 0 aromatic rings. The Morgan fingerprint density at radius 3 is 1.86 bits per heavy atom. The lowest BCUT2D eigenvalue weighted by atomic mass is 10.0. The molecule has 0 aliphatic rings. The first kappa shape index (κ1) is 21.1. The quantitative estimate of drug-likeness (QED) is 0.495. The summed E-state index contributed by atoms with van der Waals surface area (Å²) in [6.07, 6.45) is 7.37. The van der Waals surface area contributed by atoms with Crippen LogP contribution in [0.4, 0.5) is 0 Å². The Labute approximate surface area is 136 Å². The topological polar surface area (TPSA) is 55.4 Å². The number of amides is 1. The van der Waals surface area contributed by atoms with E-state index in [1.54, 1.807) is 0 Å². The fourth-order valence-electron chi connectivity index (χ4n) is 2.13. The summed E-state index contributed by atoms with van der Waals surface area (Å²) in [4.78, 5) is 22.8. The molecule has 0 rings (SSSR count). The van der Waals surface area contributed by atoms with Crippen LogP contribution in [0, 0.1) is 5.92 Å². The molecule has 4 heteroatoms. The van der Waals surface area contributed by atoms with Crippen molar-refractivity contribution in [2.45, 2.75) is 85.1 Å². The Balaban J connectivity index is 3.21. The van der Waals surface area contributed by atoms with Crippen LogP contribution in [0.1, 0.15) is 79.1 Å². The number of ether oxygens (including phenoxy) is 1. The van der Waals surface area contributed by atoms with Gasteiger partial charge >= 0.3 is 0 Å². The lowest BCUT2D eigenvalue weighted by molar-refractivity contribution is -0.122. The molecule has 0 radical (unpaired) electrons. The third kappa shape index (κ3) is 14.1. The maximum atomic E-state index is 11.4. The minimum Gasteiger partial charge on any atom is -0.381 e. The summed E-state index contributed by atoms with van der Waals surface area (Å²) in [5, 5.41) is 2.89. The van der Waals surface area contributed by atoms with Crippen LogP contribution in [0.2, 0.25) is 0 Å². The Kier molecular flexibility index (Phi) is 13.2. The van der Waals surface area contributed by atoms with Crippen molar-refractivity contribution in [2.75, 3.05) is 13.2 Å². The summed E-state index contributed by atoms with van der Waals surface area (Å²) in [5.41, 5.74) is 0. The van der Waals surface area contributed by atoms with E-state index in [1.807, 2.05) is 27.7 Å². The summed E-state index contributed by atoms with van der Waals surface area (Å²) in [6, 6.07) is 0.228. The number of hydrogen-bond donors (Lipinski definition) is 1. The van der Waals surface area contributed by atoms with Crippen LogP contribution in [-0.4, -0.2) is 30.9 Å². The molecule has 0 aromatic carbocycles. The van der Waals surface area contributed by atoms with Gasteiger partial charge in [-0.1, -0.05) is 26.7 Å². The molecule has 1 amide bonds. The highest BCUT2D eigenvalue weighted by molar-refractivity contribution is 5.80. The average Bonchev–Trinajstić information content (AvgIpc) is 2.43. The van der Waals surface area contributed by atoms with Crippen LogP contribution in [-0.2, 0) is 14.3 Å². The highest BCUT2D eigenvalue weighted by atomic mass is 16.5. The summed E-state index contributed by atoms with van der Waals surface area (Å²) < 4.78 is 5.57. The molecule has 130 valence electrons. The van der Waals surface area contributed by atoms with Gasteiger partial charge in [-0.2, -0.15) is 0 Å². The van der Waals surface area contributed by atoms with Gasteiger partial charge in [0, 0.05) is 38.0 Å². The van der Waals surface area contributed by atoms with Gasteiger partial charge in [-0.15, -0.1) is 0 Å². The first-order chi connectivity index (χ1) is 10.4. The molecule has 22 heavy (non-hydrogen) atoms. The van der Waals surface area contributed by atoms with Crippen molar-refractivity contribution >= 4 is 11.7 Å². The normalized spacial score (nSPS) is 11.2. The van der Waals surface area contributed by atoms with Gasteiger partial charge < -0.3 is 10.1 Å². The number of unbranched alkanes of at least 4 members (excludes halogenated alkanes) is 4. The fraction of sp³-hybridized carbons (Fsp3) is 0.889. The number of carbonyl (C=O) groups is 2. The van der Waals surface area contributed by atoms with Gasteiger partial charge in [-0.05, 0) is 39.5 Å². The molecule has 0 fully saturated rings. The van der Waals surface area contributed by atoms with Gasteiger partial charge in [0.2, 0.25) is 5.91 Å². The van der Waals surface area contributed by atoms with Crippen molar-refractivity contribution in [2.24, 2.45) is 5.92 Å². The fourth-order valence-corrected chi connectivity index (χ4v) is 2.13. The van der Waals surface area contributed by atoms with Crippen LogP contribution in [0.15, 0.2) is 0 Å². The van der Waals surface area contributed by atoms with E-state index in [-0.39, 0.29) is 17.9 Å². The Morgan fingerprint density at radius 2 is 1.36 bits per heavy atom. The minimum absolute atomic E-state index is 0.145. The summed E-state index contributed by atoms with van der Waals surface area (Å²) in [5.74, 6) is 0.674.